The van der Waals surface area contributed by atoms with Crippen LogP contribution in [0, 0.1) is 0 Å². The molecule has 0 radical (unpaired) electrons. The van der Waals surface area contributed by atoms with Gasteiger partial charge in [-0.25, -0.2) is 0 Å². The van der Waals surface area contributed by atoms with Crippen LogP contribution in [0.5, 0.6) is 5.75 Å². The Balaban J connectivity index is 2.92. The molecule has 4 heteroatoms. The molecule has 0 amide bonds. The number of nitrogens with one attached hydrogen (secondary N) is 1. The molecule has 1 N–H and O–H groups in total. The van der Waals surface area contributed by atoms with Crippen molar-refractivity contribution in [3.8, 4) is 5.75 Å². The summed E-state index contributed by atoms with van der Waals surface area (Å²) >= 11 is 0. The third-order valence-electron chi connectivity index (χ3n) is 2.25. The number of benzene rings is 1. The molecule has 0 fully saturated rings. The van der Waals surface area contributed by atoms with Gasteiger partial charge in [0, 0.05) is 0 Å². The van der Waals surface area contributed by atoms with Gasteiger partial charge in [-0.2, -0.15) is 8.78 Å². The highest BCUT2D eigenvalue weighted by molar-refractivity contribution is 5.33. The van der Waals surface area contributed by atoms with Crippen molar-refractivity contribution < 1.29 is 13.5 Å². The van der Waals surface area contributed by atoms with Gasteiger partial charge in [0.2, 0.25) is 0 Å². The molecule has 1 rings (SSSR count). The van der Waals surface area contributed by atoms with Crippen molar-refractivity contribution in [1.29, 1.82) is 0 Å². The molecule has 0 spiro atoms. The largest absolute Gasteiger partial charge is 0.435 e. The van der Waals surface area contributed by atoms with Crippen LogP contribution in [0.25, 0.3) is 0 Å². The molecule has 0 bridgehead atoms. The molecule has 2 nitrogen and oxygen atoms in total. The molecule has 0 saturated carbocycles. The zero-order valence-electron chi connectivity index (χ0n) is 10.2. The smallest absolute Gasteiger partial charge is 0.387 e. The molecule has 1 atom stereocenters. The van der Waals surface area contributed by atoms with Crippen molar-refractivity contribution >= 4 is 0 Å². The van der Waals surface area contributed by atoms with E-state index < -0.39 is 6.61 Å². The minimum absolute atomic E-state index is 0.00113. The van der Waals surface area contributed by atoms with E-state index in [-0.39, 0.29) is 11.8 Å². The van der Waals surface area contributed by atoms with E-state index in [1.54, 1.807) is 12.1 Å². The molecule has 94 valence electrons. The van der Waals surface area contributed by atoms with Crippen LogP contribution in [0.1, 0.15) is 25.5 Å². The monoisotopic (exact) mass is 241 g/mol. The Bertz CT molecular complexity index is 387. The summed E-state index contributed by atoms with van der Waals surface area (Å²) < 4.78 is 28.6. The first-order chi connectivity index (χ1) is 8.02. The number of rotatable bonds is 5. The fourth-order valence-electron chi connectivity index (χ4n) is 1.56. The van der Waals surface area contributed by atoms with Crippen molar-refractivity contribution in [2.45, 2.75) is 26.5 Å². The summed E-state index contributed by atoms with van der Waals surface area (Å²) in [6.45, 7) is 1.19. The van der Waals surface area contributed by atoms with Crippen LogP contribution < -0.4 is 10.1 Å². The molecule has 0 aliphatic heterocycles. The second-order valence-electron chi connectivity index (χ2n) is 3.96. The van der Waals surface area contributed by atoms with Crippen molar-refractivity contribution in [3.63, 3.8) is 0 Å². The molecule has 1 unspecified atom stereocenters. The summed E-state index contributed by atoms with van der Waals surface area (Å²) in [6, 6.07) is 6.72. The van der Waals surface area contributed by atoms with Gasteiger partial charge in [0.15, 0.2) is 0 Å². The molecule has 0 aliphatic rings. The minimum Gasteiger partial charge on any atom is -0.435 e. The summed E-state index contributed by atoms with van der Waals surface area (Å²) in [6.07, 6.45) is 2.03. The van der Waals surface area contributed by atoms with Crippen LogP contribution in [-0.4, -0.2) is 13.7 Å². The lowest BCUT2D eigenvalue weighted by Crippen LogP contribution is -2.14. The Morgan fingerprint density at radius 2 is 2.06 bits per heavy atom. The Morgan fingerprint density at radius 1 is 1.35 bits per heavy atom. The first kappa shape index (κ1) is 13.6. The predicted molar refractivity (Wildman–Crippen MR) is 64.3 cm³/mol. The average molecular weight is 241 g/mol. The fraction of sp³-hybridized carbons (Fsp3) is 0.385. The van der Waals surface area contributed by atoms with Crippen LogP contribution in [0.15, 0.2) is 35.9 Å². The highest BCUT2D eigenvalue weighted by Gasteiger charge is 2.09. The molecule has 0 heterocycles. The van der Waals surface area contributed by atoms with Crippen molar-refractivity contribution in [3.05, 3.63) is 41.5 Å². The van der Waals surface area contributed by atoms with Gasteiger partial charge in [0.1, 0.15) is 5.75 Å². The van der Waals surface area contributed by atoms with E-state index >= 15 is 0 Å². The molecular weight excluding hydrogens is 224 g/mol. The number of likely N-dealkylation sites (N-methyl/N-ethyl adjacent to an activating group) is 1. The molecule has 1 aromatic carbocycles. The third-order valence-corrected chi connectivity index (χ3v) is 2.25. The lowest BCUT2D eigenvalue weighted by atomic mass is 10.0. The van der Waals surface area contributed by atoms with Gasteiger partial charge in [-0.15, -0.1) is 0 Å². The van der Waals surface area contributed by atoms with Gasteiger partial charge in [-0.3, -0.25) is 0 Å². The summed E-state index contributed by atoms with van der Waals surface area (Å²) in [5.41, 5.74) is 2.05. The standard InChI is InChI=1S/C13H17F2NO/c1-9(2)7-12(16-3)10-5-4-6-11(8-10)17-13(14)15/h4-8,12-13,16H,1-3H3. The Morgan fingerprint density at radius 3 is 2.59 bits per heavy atom. The fourth-order valence-corrected chi connectivity index (χ4v) is 1.56. The number of halogens is 2. The summed E-state index contributed by atoms with van der Waals surface area (Å²) in [5, 5.41) is 3.11. The van der Waals surface area contributed by atoms with Gasteiger partial charge in [0.05, 0.1) is 6.04 Å². The van der Waals surface area contributed by atoms with Gasteiger partial charge in [-0.1, -0.05) is 23.8 Å². The Hall–Kier alpha value is -1.42. The number of alkyl halides is 2. The lowest BCUT2D eigenvalue weighted by Gasteiger charge is -2.14. The molecular formula is C13H17F2NO. The molecule has 0 aliphatic carbocycles. The lowest BCUT2D eigenvalue weighted by molar-refractivity contribution is -0.0498. The first-order valence-electron chi connectivity index (χ1n) is 5.40. The maximum Gasteiger partial charge on any atom is 0.387 e. The zero-order valence-corrected chi connectivity index (χ0v) is 10.2. The van der Waals surface area contributed by atoms with Crippen LogP contribution >= 0.6 is 0 Å². The van der Waals surface area contributed by atoms with Gasteiger partial charge >= 0.3 is 6.61 Å². The van der Waals surface area contributed by atoms with Crippen LogP contribution in [0.4, 0.5) is 8.78 Å². The number of allylic oxidation sites excluding steroid dienone is 1. The van der Waals surface area contributed by atoms with Crippen LogP contribution in [0.3, 0.4) is 0 Å². The molecule has 0 saturated heterocycles. The van der Waals surface area contributed by atoms with E-state index in [4.69, 9.17) is 0 Å². The van der Waals surface area contributed by atoms with E-state index in [1.165, 1.54) is 6.07 Å². The van der Waals surface area contributed by atoms with Gasteiger partial charge in [-0.05, 0) is 38.6 Å². The summed E-state index contributed by atoms with van der Waals surface area (Å²) in [7, 11) is 1.82. The van der Waals surface area contributed by atoms with Crippen LogP contribution in [0.2, 0.25) is 0 Å². The highest BCUT2D eigenvalue weighted by atomic mass is 19.3. The van der Waals surface area contributed by atoms with E-state index in [2.05, 4.69) is 10.1 Å². The SMILES string of the molecule is CNC(C=C(C)C)c1cccc(OC(F)F)c1. The van der Waals surface area contributed by atoms with Gasteiger partial charge in [0.25, 0.3) is 0 Å². The normalized spacial score (nSPS) is 12.4. The first-order valence-corrected chi connectivity index (χ1v) is 5.40. The quantitative estimate of drug-likeness (QED) is 0.796. The van der Waals surface area contributed by atoms with Crippen LogP contribution in [-0.2, 0) is 0 Å². The van der Waals surface area contributed by atoms with Gasteiger partial charge < -0.3 is 10.1 Å². The van der Waals surface area contributed by atoms with E-state index in [9.17, 15) is 8.78 Å². The Labute approximate surface area is 100 Å². The van der Waals surface area contributed by atoms with E-state index in [0.717, 1.165) is 11.1 Å². The molecule has 1 aromatic rings. The van der Waals surface area contributed by atoms with Crippen molar-refractivity contribution in [2.75, 3.05) is 7.05 Å². The number of ether oxygens (including phenoxy) is 1. The number of hydrogen-bond donors (Lipinski definition) is 1. The zero-order chi connectivity index (χ0) is 12.8. The van der Waals surface area contributed by atoms with E-state index in [0.29, 0.717) is 0 Å². The minimum atomic E-state index is -2.79. The second-order valence-corrected chi connectivity index (χ2v) is 3.96. The summed E-state index contributed by atoms with van der Waals surface area (Å²) in [4.78, 5) is 0. The van der Waals surface area contributed by atoms with E-state index in [1.807, 2.05) is 33.0 Å². The molecule has 17 heavy (non-hydrogen) atoms. The topological polar surface area (TPSA) is 21.3 Å². The average Bonchev–Trinajstić information content (AvgIpc) is 2.25. The predicted octanol–water partition coefficient (Wildman–Crippen LogP) is 3.51. The second kappa shape index (κ2) is 6.35. The maximum absolute atomic E-state index is 12.1. The molecule has 0 aromatic heterocycles. The highest BCUT2D eigenvalue weighted by Crippen LogP contribution is 2.22. The Kier molecular flexibility index (Phi) is 5.10. The maximum atomic E-state index is 12.1. The third kappa shape index (κ3) is 4.53. The van der Waals surface area contributed by atoms with Crippen molar-refractivity contribution in [1.82, 2.24) is 5.32 Å². The van der Waals surface area contributed by atoms with Crippen molar-refractivity contribution in [2.24, 2.45) is 0 Å². The summed E-state index contributed by atoms with van der Waals surface area (Å²) in [5.74, 6) is 0.180. The number of hydrogen-bond acceptors (Lipinski definition) is 2.